The van der Waals surface area contributed by atoms with Crippen molar-refractivity contribution in [3.05, 3.63) is 35.8 Å². The molecule has 0 radical (unpaired) electrons. The Labute approximate surface area is 125 Å². The van der Waals surface area contributed by atoms with Crippen LogP contribution in [0.5, 0.6) is 0 Å². The molecule has 1 aromatic carbocycles. The minimum atomic E-state index is -0.134. The van der Waals surface area contributed by atoms with Gasteiger partial charge in [-0.15, -0.1) is 0 Å². The van der Waals surface area contributed by atoms with Crippen molar-refractivity contribution in [2.75, 3.05) is 19.6 Å². The van der Waals surface area contributed by atoms with Crippen LogP contribution in [0.15, 0.2) is 24.4 Å². The minimum absolute atomic E-state index is 0.134. The molecule has 2 unspecified atom stereocenters. The zero-order valence-corrected chi connectivity index (χ0v) is 12.6. The molecule has 2 fully saturated rings. The molecule has 112 valence electrons. The Morgan fingerprint density at radius 3 is 2.90 bits per heavy atom. The molecule has 1 aliphatic carbocycles. The van der Waals surface area contributed by atoms with E-state index >= 15 is 0 Å². The van der Waals surface area contributed by atoms with Gasteiger partial charge in [0.15, 0.2) is 0 Å². The lowest BCUT2D eigenvalue weighted by atomic mass is 9.99. The topological polar surface area (TPSA) is 19.0 Å². The number of aromatic amines is 1. The average molecular weight is 286 g/mol. The summed E-state index contributed by atoms with van der Waals surface area (Å²) in [6.45, 7) is 6.09. The van der Waals surface area contributed by atoms with Gasteiger partial charge in [0.2, 0.25) is 0 Å². The lowest BCUT2D eigenvalue weighted by Crippen LogP contribution is -2.34. The first-order valence-electron chi connectivity index (χ1n) is 8.19. The molecule has 2 aliphatic rings. The van der Waals surface area contributed by atoms with Crippen LogP contribution in [0, 0.1) is 17.7 Å². The number of H-pyrrole nitrogens is 1. The first kappa shape index (κ1) is 13.3. The van der Waals surface area contributed by atoms with E-state index in [1.165, 1.54) is 50.5 Å². The third-order valence-electron chi connectivity index (χ3n) is 5.37. The van der Waals surface area contributed by atoms with Gasteiger partial charge >= 0.3 is 0 Å². The Hall–Kier alpha value is -1.35. The van der Waals surface area contributed by atoms with E-state index in [4.69, 9.17) is 0 Å². The number of hydrogen-bond acceptors (Lipinski definition) is 1. The predicted molar refractivity (Wildman–Crippen MR) is 83.9 cm³/mol. The Morgan fingerprint density at radius 2 is 2.10 bits per heavy atom. The third-order valence-corrected chi connectivity index (χ3v) is 5.37. The fraction of sp³-hybridized carbons (Fsp3) is 0.556. The van der Waals surface area contributed by atoms with Crippen LogP contribution < -0.4 is 0 Å². The highest BCUT2D eigenvalue weighted by Gasteiger charge is 2.40. The zero-order valence-electron chi connectivity index (χ0n) is 12.6. The summed E-state index contributed by atoms with van der Waals surface area (Å²) in [7, 11) is 0. The fourth-order valence-electron chi connectivity index (χ4n) is 3.83. The molecule has 2 heterocycles. The van der Waals surface area contributed by atoms with Gasteiger partial charge in [-0.25, -0.2) is 4.39 Å². The summed E-state index contributed by atoms with van der Waals surface area (Å²) in [6.07, 6.45) is 6.04. The molecule has 3 heteroatoms. The van der Waals surface area contributed by atoms with Gasteiger partial charge in [-0.05, 0) is 73.9 Å². The van der Waals surface area contributed by atoms with Gasteiger partial charge in [-0.3, -0.25) is 0 Å². The van der Waals surface area contributed by atoms with Gasteiger partial charge in [-0.1, -0.05) is 6.92 Å². The van der Waals surface area contributed by atoms with Crippen molar-refractivity contribution in [3.63, 3.8) is 0 Å². The fourth-order valence-corrected chi connectivity index (χ4v) is 3.83. The number of likely N-dealkylation sites (tertiary alicyclic amines) is 1. The number of nitrogens with one attached hydrogen (secondary N) is 1. The molecule has 4 rings (SSSR count). The van der Waals surface area contributed by atoms with Crippen molar-refractivity contribution in [1.82, 2.24) is 9.88 Å². The van der Waals surface area contributed by atoms with Crippen LogP contribution in [0.1, 0.15) is 37.7 Å². The number of hydrogen-bond donors (Lipinski definition) is 1. The summed E-state index contributed by atoms with van der Waals surface area (Å²) in [4.78, 5) is 5.91. The van der Waals surface area contributed by atoms with Gasteiger partial charge in [0.05, 0.1) is 0 Å². The Bertz CT molecular complexity index is 640. The number of fused-ring (bicyclic) bond motifs is 1. The van der Waals surface area contributed by atoms with Crippen LogP contribution in [0.4, 0.5) is 4.39 Å². The van der Waals surface area contributed by atoms with Crippen LogP contribution in [-0.2, 0) is 0 Å². The van der Waals surface area contributed by atoms with Gasteiger partial charge in [0.1, 0.15) is 5.82 Å². The molecule has 0 bridgehead atoms. The maximum Gasteiger partial charge on any atom is 0.123 e. The van der Waals surface area contributed by atoms with Gasteiger partial charge in [-0.2, -0.15) is 0 Å². The largest absolute Gasteiger partial charge is 0.361 e. The van der Waals surface area contributed by atoms with E-state index in [1.807, 2.05) is 6.07 Å². The van der Waals surface area contributed by atoms with Crippen molar-refractivity contribution < 1.29 is 4.39 Å². The summed E-state index contributed by atoms with van der Waals surface area (Å²) in [6, 6.07) is 5.05. The van der Waals surface area contributed by atoms with E-state index in [-0.39, 0.29) is 5.82 Å². The van der Waals surface area contributed by atoms with Gasteiger partial charge in [0, 0.05) is 23.6 Å². The third kappa shape index (κ3) is 2.59. The number of rotatable bonds is 3. The maximum absolute atomic E-state index is 13.5. The van der Waals surface area contributed by atoms with Crippen LogP contribution in [0.25, 0.3) is 10.9 Å². The van der Waals surface area contributed by atoms with Crippen molar-refractivity contribution >= 4 is 10.9 Å². The molecule has 2 atom stereocenters. The normalized spacial score (nSPS) is 27.3. The standard InChI is InChI=1S/C18H23FN2/c1-12-4-6-21(7-5-12)11-13-8-15(13)17-10-20-18-3-2-14(19)9-16(17)18/h2-3,9-10,12-13,15,20H,4-8,11H2,1H3. The molecular weight excluding hydrogens is 263 g/mol. The summed E-state index contributed by atoms with van der Waals surface area (Å²) in [5, 5.41) is 1.08. The number of aromatic nitrogens is 1. The monoisotopic (exact) mass is 286 g/mol. The van der Waals surface area contributed by atoms with E-state index in [0.29, 0.717) is 5.92 Å². The lowest BCUT2D eigenvalue weighted by Gasteiger charge is -2.30. The highest BCUT2D eigenvalue weighted by atomic mass is 19.1. The average Bonchev–Trinajstić information content (AvgIpc) is 3.10. The summed E-state index contributed by atoms with van der Waals surface area (Å²) in [5.74, 6) is 2.15. The molecular formula is C18H23FN2. The minimum Gasteiger partial charge on any atom is -0.361 e. The zero-order chi connectivity index (χ0) is 14.4. The number of halogens is 1. The highest BCUT2D eigenvalue weighted by Crippen LogP contribution is 2.50. The lowest BCUT2D eigenvalue weighted by molar-refractivity contribution is 0.185. The van der Waals surface area contributed by atoms with Crippen LogP contribution in [-0.4, -0.2) is 29.5 Å². The van der Waals surface area contributed by atoms with Crippen LogP contribution >= 0.6 is 0 Å². The second-order valence-electron chi connectivity index (χ2n) is 7.02. The van der Waals surface area contributed by atoms with Crippen molar-refractivity contribution in [1.29, 1.82) is 0 Å². The molecule has 1 aromatic heterocycles. The predicted octanol–water partition coefficient (Wildman–Crippen LogP) is 4.14. The first-order valence-corrected chi connectivity index (χ1v) is 8.19. The van der Waals surface area contributed by atoms with E-state index in [1.54, 1.807) is 6.07 Å². The molecule has 0 amide bonds. The number of piperidine rings is 1. The SMILES string of the molecule is CC1CCN(CC2CC2c2c[nH]c3ccc(F)cc23)CC1. The molecule has 2 aromatic rings. The Kier molecular flexibility index (Phi) is 3.26. The molecule has 0 spiro atoms. The highest BCUT2D eigenvalue weighted by molar-refractivity contribution is 5.84. The Morgan fingerprint density at radius 1 is 1.29 bits per heavy atom. The second kappa shape index (κ2) is 5.13. The summed E-state index contributed by atoms with van der Waals surface area (Å²) < 4.78 is 13.5. The summed E-state index contributed by atoms with van der Waals surface area (Å²) >= 11 is 0. The first-order chi connectivity index (χ1) is 10.2. The van der Waals surface area contributed by atoms with E-state index in [0.717, 1.165) is 22.7 Å². The molecule has 21 heavy (non-hydrogen) atoms. The molecule has 1 saturated carbocycles. The van der Waals surface area contributed by atoms with Crippen molar-refractivity contribution in [3.8, 4) is 0 Å². The molecule has 1 aliphatic heterocycles. The van der Waals surface area contributed by atoms with Crippen LogP contribution in [0.3, 0.4) is 0 Å². The quantitative estimate of drug-likeness (QED) is 0.898. The number of benzene rings is 1. The smallest absolute Gasteiger partial charge is 0.123 e. The second-order valence-corrected chi connectivity index (χ2v) is 7.02. The summed E-state index contributed by atoms with van der Waals surface area (Å²) in [5.41, 5.74) is 2.38. The van der Waals surface area contributed by atoms with Gasteiger partial charge < -0.3 is 9.88 Å². The molecule has 1 saturated heterocycles. The number of nitrogens with zero attached hydrogens (tertiary/aromatic N) is 1. The van der Waals surface area contributed by atoms with E-state index < -0.39 is 0 Å². The maximum atomic E-state index is 13.5. The van der Waals surface area contributed by atoms with Crippen molar-refractivity contribution in [2.45, 2.75) is 32.1 Å². The van der Waals surface area contributed by atoms with Crippen molar-refractivity contribution in [2.24, 2.45) is 11.8 Å². The van der Waals surface area contributed by atoms with Crippen LogP contribution in [0.2, 0.25) is 0 Å². The van der Waals surface area contributed by atoms with E-state index in [2.05, 4.69) is 23.0 Å². The van der Waals surface area contributed by atoms with E-state index in [9.17, 15) is 4.39 Å². The molecule has 2 nitrogen and oxygen atoms in total. The molecule has 1 N–H and O–H groups in total. The Balaban J connectivity index is 1.45. The van der Waals surface area contributed by atoms with Gasteiger partial charge in [0.25, 0.3) is 0 Å².